The number of morpholine rings is 1. The monoisotopic (exact) mass is 371 g/mol. The summed E-state index contributed by atoms with van der Waals surface area (Å²) in [5, 5.41) is 0. The van der Waals surface area contributed by atoms with Crippen LogP contribution >= 0.6 is 0 Å². The Hall–Kier alpha value is -2.21. The van der Waals surface area contributed by atoms with Gasteiger partial charge in [-0.05, 0) is 37.5 Å². The molecule has 27 heavy (non-hydrogen) atoms. The largest absolute Gasteiger partial charge is 0.378 e. The molecule has 1 aromatic heterocycles. The summed E-state index contributed by atoms with van der Waals surface area (Å²) < 4.78 is 21.6. The molecule has 3 heterocycles. The molecule has 1 saturated heterocycles. The highest BCUT2D eigenvalue weighted by Crippen LogP contribution is 2.35. The molecule has 0 radical (unpaired) electrons. The van der Waals surface area contributed by atoms with Crippen molar-refractivity contribution in [3.05, 3.63) is 53.4 Å². The number of carbonyl (C=O) groups is 1. The fourth-order valence-corrected chi connectivity index (χ4v) is 4.28. The summed E-state index contributed by atoms with van der Waals surface area (Å²) in [5.74, 6) is 0.691. The quantitative estimate of drug-likeness (QED) is 0.829. The number of carbonyl (C=O) groups excluding carboxylic acids is 1. The lowest BCUT2D eigenvalue weighted by Gasteiger charge is -2.30. The minimum Gasteiger partial charge on any atom is -0.378 e. The SMILES string of the molecule is C[C@@H]1CCCc2ncc([C@@H](CC(=O)N3CCOCC3)c3cccc(F)c3)n21. The van der Waals surface area contributed by atoms with Crippen LogP contribution in [0.3, 0.4) is 0 Å². The van der Waals surface area contributed by atoms with Gasteiger partial charge >= 0.3 is 0 Å². The van der Waals surface area contributed by atoms with Gasteiger partial charge in [0.1, 0.15) is 11.6 Å². The van der Waals surface area contributed by atoms with Crippen molar-refractivity contribution in [2.75, 3.05) is 26.3 Å². The third-order valence-corrected chi connectivity index (χ3v) is 5.72. The molecular weight excluding hydrogens is 345 g/mol. The summed E-state index contributed by atoms with van der Waals surface area (Å²) in [5.41, 5.74) is 1.85. The summed E-state index contributed by atoms with van der Waals surface area (Å²) in [6, 6.07) is 6.96. The fraction of sp³-hybridized carbons (Fsp3) is 0.524. The molecular formula is C21H26FN3O2. The number of hydrogen-bond acceptors (Lipinski definition) is 3. The Bertz CT molecular complexity index is 814. The van der Waals surface area contributed by atoms with E-state index in [2.05, 4.69) is 16.5 Å². The molecule has 2 aromatic rings. The van der Waals surface area contributed by atoms with E-state index in [1.807, 2.05) is 17.2 Å². The molecule has 4 rings (SSSR count). The van der Waals surface area contributed by atoms with Crippen LogP contribution < -0.4 is 0 Å². The molecule has 0 aliphatic carbocycles. The number of nitrogens with zero attached hydrogens (tertiary/aromatic N) is 3. The van der Waals surface area contributed by atoms with Gasteiger partial charge in [0.25, 0.3) is 0 Å². The van der Waals surface area contributed by atoms with Gasteiger partial charge < -0.3 is 14.2 Å². The Labute approximate surface area is 159 Å². The number of ether oxygens (including phenoxy) is 1. The number of imidazole rings is 1. The predicted molar refractivity (Wildman–Crippen MR) is 100 cm³/mol. The van der Waals surface area contributed by atoms with Crippen molar-refractivity contribution in [3.8, 4) is 0 Å². The molecule has 0 N–H and O–H groups in total. The summed E-state index contributed by atoms with van der Waals surface area (Å²) in [6.45, 7) is 4.59. The van der Waals surface area contributed by atoms with Crippen molar-refractivity contribution in [1.82, 2.24) is 14.5 Å². The number of aromatic nitrogens is 2. The molecule has 1 amide bonds. The van der Waals surface area contributed by atoms with Gasteiger partial charge in [-0.15, -0.1) is 0 Å². The molecule has 1 aromatic carbocycles. The zero-order chi connectivity index (χ0) is 18.8. The number of amides is 1. The smallest absolute Gasteiger partial charge is 0.223 e. The van der Waals surface area contributed by atoms with Crippen LogP contribution in [-0.4, -0.2) is 46.7 Å². The lowest BCUT2D eigenvalue weighted by atomic mass is 9.91. The highest BCUT2D eigenvalue weighted by atomic mass is 19.1. The molecule has 2 atom stereocenters. The van der Waals surface area contributed by atoms with E-state index in [1.165, 1.54) is 6.07 Å². The predicted octanol–water partition coefficient (Wildman–Crippen LogP) is 3.30. The van der Waals surface area contributed by atoms with Crippen LogP contribution in [0.25, 0.3) is 0 Å². The zero-order valence-corrected chi connectivity index (χ0v) is 15.7. The van der Waals surface area contributed by atoms with E-state index in [-0.39, 0.29) is 17.6 Å². The number of aryl methyl sites for hydroxylation is 1. The Morgan fingerprint density at radius 3 is 2.96 bits per heavy atom. The standard InChI is InChI=1S/C21H26FN3O2/c1-15-4-2-7-20-23-14-19(25(15)20)18(16-5-3-6-17(22)12-16)13-21(26)24-8-10-27-11-9-24/h3,5-6,12,14-15,18H,2,4,7-11,13H2,1H3/t15-,18+/m1/s1. The maximum absolute atomic E-state index is 13.9. The van der Waals surface area contributed by atoms with E-state index >= 15 is 0 Å². The van der Waals surface area contributed by atoms with Gasteiger partial charge in [-0.25, -0.2) is 9.37 Å². The Morgan fingerprint density at radius 2 is 2.19 bits per heavy atom. The first-order valence-corrected chi connectivity index (χ1v) is 9.80. The van der Waals surface area contributed by atoms with E-state index < -0.39 is 0 Å². The summed E-state index contributed by atoms with van der Waals surface area (Å²) in [4.78, 5) is 19.4. The molecule has 144 valence electrons. The van der Waals surface area contributed by atoms with Gasteiger partial charge in [0.05, 0.1) is 13.2 Å². The van der Waals surface area contributed by atoms with Crippen LogP contribution in [0.5, 0.6) is 0 Å². The Kier molecular flexibility index (Phi) is 5.25. The van der Waals surface area contributed by atoms with Crippen LogP contribution in [-0.2, 0) is 16.0 Å². The van der Waals surface area contributed by atoms with E-state index in [1.54, 1.807) is 12.1 Å². The van der Waals surface area contributed by atoms with E-state index in [0.29, 0.717) is 38.8 Å². The fourth-order valence-electron chi connectivity index (χ4n) is 4.28. The third-order valence-electron chi connectivity index (χ3n) is 5.72. The first-order chi connectivity index (χ1) is 13.1. The van der Waals surface area contributed by atoms with Crippen molar-refractivity contribution in [1.29, 1.82) is 0 Å². The number of rotatable bonds is 4. The Balaban J connectivity index is 1.69. The van der Waals surface area contributed by atoms with Crippen molar-refractivity contribution >= 4 is 5.91 Å². The molecule has 0 saturated carbocycles. The molecule has 0 unspecified atom stereocenters. The normalized spacial score (nSPS) is 21.0. The first kappa shape index (κ1) is 18.2. The number of fused-ring (bicyclic) bond motifs is 1. The molecule has 2 aliphatic heterocycles. The number of benzene rings is 1. The minimum absolute atomic E-state index is 0.0894. The summed E-state index contributed by atoms with van der Waals surface area (Å²) in [6.07, 6.45) is 5.40. The second-order valence-electron chi connectivity index (χ2n) is 7.52. The molecule has 6 heteroatoms. The lowest BCUT2D eigenvalue weighted by molar-refractivity contribution is -0.135. The molecule has 0 bridgehead atoms. The minimum atomic E-state index is -0.275. The molecule has 2 aliphatic rings. The lowest BCUT2D eigenvalue weighted by Crippen LogP contribution is -2.41. The average Bonchev–Trinajstić information content (AvgIpc) is 3.12. The third kappa shape index (κ3) is 3.76. The van der Waals surface area contributed by atoms with Gasteiger partial charge in [0.15, 0.2) is 0 Å². The van der Waals surface area contributed by atoms with Crippen LogP contribution in [0.15, 0.2) is 30.5 Å². The highest BCUT2D eigenvalue weighted by Gasteiger charge is 2.29. The molecule has 5 nitrogen and oxygen atoms in total. The second kappa shape index (κ2) is 7.80. The van der Waals surface area contributed by atoms with Gasteiger partial charge in [-0.3, -0.25) is 4.79 Å². The van der Waals surface area contributed by atoms with Gasteiger partial charge in [-0.2, -0.15) is 0 Å². The summed E-state index contributed by atoms with van der Waals surface area (Å²) in [7, 11) is 0. The van der Waals surface area contributed by atoms with Gasteiger partial charge in [-0.1, -0.05) is 12.1 Å². The van der Waals surface area contributed by atoms with Gasteiger partial charge in [0, 0.05) is 49.8 Å². The van der Waals surface area contributed by atoms with Gasteiger partial charge in [0.2, 0.25) is 5.91 Å². The van der Waals surface area contributed by atoms with Crippen molar-refractivity contribution < 1.29 is 13.9 Å². The second-order valence-corrected chi connectivity index (χ2v) is 7.52. The topological polar surface area (TPSA) is 47.4 Å². The van der Waals surface area contributed by atoms with E-state index in [4.69, 9.17) is 4.74 Å². The molecule has 0 spiro atoms. The number of hydrogen-bond donors (Lipinski definition) is 0. The van der Waals surface area contributed by atoms with Crippen molar-refractivity contribution in [2.24, 2.45) is 0 Å². The Morgan fingerprint density at radius 1 is 1.37 bits per heavy atom. The van der Waals surface area contributed by atoms with Crippen LogP contribution in [0.1, 0.15) is 55.2 Å². The number of halogens is 1. The summed E-state index contributed by atoms with van der Waals surface area (Å²) >= 11 is 0. The molecule has 1 fully saturated rings. The zero-order valence-electron chi connectivity index (χ0n) is 15.7. The maximum Gasteiger partial charge on any atom is 0.223 e. The average molecular weight is 371 g/mol. The van der Waals surface area contributed by atoms with E-state index in [0.717, 1.165) is 36.3 Å². The van der Waals surface area contributed by atoms with E-state index in [9.17, 15) is 9.18 Å². The van der Waals surface area contributed by atoms with Crippen molar-refractivity contribution in [2.45, 2.75) is 44.6 Å². The van der Waals surface area contributed by atoms with Crippen LogP contribution in [0.2, 0.25) is 0 Å². The van der Waals surface area contributed by atoms with Crippen molar-refractivity contribution in [3.63, 3.8) is 0 Å². The first-order valence-electron chi connectivity index (χ1n) is 9.80. The maximum atomic E-state index is 13.9. The highest BCUT2D eigenvalue weighted by molar-refractivity contribution is 5.77. The van der Waals surface area contributed by atoms with Crippen LogP contribution in [0, 0.1) is 5.82 Å². The van der Waals surface area contributed by atoms with Crippen LogP contribution in [0.4, 0.5) is 4.39 Å².